The van der Waals surface area contributed by atoms with Crippen LogP contribution in [-0.4, -0.2) is 41.2 Å². The van der Waals surface area contributed by atoms with Crippen molar-refractivity contribution in [3.8, 4) is 11.5 Å². The SMILES string of the molecule is COc1c(C)c2c(c(O)c1C/C=C(\C)CCC(=O)N[C@H](CC(C)C)C(=O)O)C(=O)OC2. The first-order chi connectivity index (χ1) is 14.6. The number of esters is 1. The summed E-state index contributed by atoms with van der Waals surface area (Å²) in [7, 11) is 1.51. The number of carboxylic acids is 1. The van der Waals surface area contributed by atoms with E-state index < -0.39 is 18.0 Å². The zero-order chi connectivity index (χ0) is 23.3. The van der Waals surface area contributed by atoms with Crippen molar-refractivity contribution in [2.75, 3.05) is 7.11 Å². The molecule has 0 spiro atoms. The average molecular weight is 434 g/mol. The van der Waals surface area contributed by atoms with Gasteiger partial charge in [0.2, 0.25) is 5.91 Å². The van der Waals surface area contributed by atoms with Gasteiger partial charge in [0.25, 0.3) is 0 Å². The third-order valence-corrected chi connectivity index (χ3v) is 5.39. The van der Waals surface area contributed by atoms with E-state index in [-0.39, 0.29) is 36.2 Å². The van der Waals surface area contributed by atoms with Crippen LogP contribution in [0.15, 0.2) is 11.6 Å². The zero-order valence-corrected chi connectivity index (χ0v) is 18.7. The predicted molar refractivity (Wildman–Crippen MR) is 114 cm³/mol. The van der Waals surface area contributed by atoms with Crippen LogP contribution in [0.5, 0.6) is 11.5 Å². The molecule has 1 aliphatic heterocycles. The minimum atomic E-state index is -1.04. The molecule has 1 aromatic rings. The Balaban J connectivity index is 2.07. The van der Waals surface area contributed by atoms with Crippen molar-refractivity contribution in [3.05, 3.63) is 33.9 Å². The van der Waals surface area contributed by atoms with Crippen LogP contribution < -0.4 is 10.1 Å². The number of rotatable bonds is 10. The summed E-state index contributed by atoms with van der Waals surface area (Å²) in [5, 5.41) is 22.5. The first-order valence-electron chi connectivity index (χ1n) is 10.3. The number of fused-ring (bicyclic) bond motifs is 1. The van der Waals surface area contributed by atoms with Crippen LogP contribution in [0.4, 0.5) is 0 Å². The lowest BCUT2D eigenvalue weighted by Crippen LogP contribution is -2.41. The van der Waals surface area contributed by atoms with Crippen LogP contribution in [-0.2, 0) is 27.4 Å². The molecule has 1 heterocycles. The Hall–Kier alpha value is -3.03. The minimum Gasteiger partial charge on any atom is -0.507 e. The number of carbonyl (C=O) groups excluding carboxylic acids is 2. The average Bonchev–Trinajstić information content (AvgIpc) is 3.09. The molecule has 0 bridgehead atoms. The Morgan fingerprint density at radius 2 is 1.97 bits per heavy atom. The number of nitrogens with one attached hydrogen (secondary N) is 1. The fraction of sp³-hybridized carbons (Fsp3) is 0.522. The first-order valence-corrected chi connectivity index (χ1v) is 10.3. The molecule has 0 aliphatic carbocycles. The number of hydrogen-bond donors (Lipinski definition) is 3. The molecule has 1 aliphatic rings. The van der Waals surface area contributed by atoms with E-state index in [0.29, 0.717) is 36.1 Å². The molecule has 0 unspecified atom stereocenters. The number of carboxylic acid groups (broad SMARTS) is 1. The van der Waals surface area contributed by atoms with E-state index in [1.807, 2.05) is 33.8 Å². The lowest BCUT2D eigenvalue weighted by Gasteiger charge is -2.17. The standard InChI is InChI=1S/C23H31NO7/c1-12(2)10-17(22(27)28)24-18(25)9-7-13(3)6-8-15-20(26)19-16(11-31-23(19)29)14(4)21(15)30-5/h6,12,17,26H,7-11H2,1-5H3,(H,24,25)(H,27,28)/b13-6+/t17-/m1/s1. The first kappa shape index (κ1) is 24.2. The Morgan fingerprint density at radius 3 is 2.55 bits per heavy atom. The van der Waals surface area contributed by atoms with Crippen LogP contribution in [0, 0.1) is 12.8 Å². The van der Waals surface area contributed by atoms with Gasteiger partial charge in [-0.25, -0.2) is 9.59 Å². The highest BCUT2D eigenvalue weighted by molar-refractivity contribution is 5.98. The number of hydrogen-bond acceptors (Lipinski definition) is 6. The fourth-order valence-corrected chi connectivity index (χ4v) is 3.68. The lowest BCUT2D eigenvalue weighted by atomic mass is 9.94. The number of methoxy groups -OCH3 is 1. The molecule has 1 aromatic carbocycles. The number of benzene rings is 1. The Kier molecular flexibility index (Phi) is 8.08. The maximum absolute atomic E-state index is 12.2. The number of amides is 1. The van der Waals surface area contributed by atoms with E-state index in [1.54, 1.807) is 0 Å². The maximum Gasteiger partial charge on any atom is 0.342 e. The molecule has 1 amide bonds. The third-order valence-electron chi connectivity index (χ3n) is 5.39. The molecule has 0 saturated heterocycles. The van der Waals surface area contributed by atoms with Gasteiger partial charge in [0.15, 0.2) is 0 Å². The number of phenolic OH excluding ortho intramolecular Hbond substituents is 1. The summed E-state index contributed by atoms with van der Waals surface area (Å²) in [5.41, 5.74) is 2.96. The number of cyclic esters (lactones) is 1. The molecule has 0 radical (unpaired) electrons. The topological polar surface area (TPSA) is 122 Å². The zero-order valence-electron chi connectivity index (χ0n) is 18.7. The molecule has 31 heavy (non-hydrogen) atoms. The van der Waals surface area contributed by atoms with E-state index in [2.05, 4.69) is 5.32 Å². The van der Waals surface area contributed by atoms with Crippen LogP contribution in [0.25, 0.3) is 0 Å². The number of carbonyl (C=O) groups is 3. The summed E-state index contributed by atoms with van der Waals surface area (Å²) in [6.07, 6.45) is 3.14. The van der Waals surface area contributed by atoms with Gasteiger partial charge in [-0.2, -0.15) is 0 Å². The molecule has 8 heteroatoms. The smallest absolute Gasteiger partial charge is 0.342 e. The fourth-order valence-electron chi connectivity index (χ4n) is 3.68. The van der Waals surface area contributed by atoms with Gasteiger partial charge < -0.3 is 25.0 Å². The van der Waals surface area contributed by atoms with Crippen molar-refractivity contribution in [1.29, 1.82) is 0 Å². The van der Waals surface area contributed by atoms with Crippen molar-refractivity contribution in [2.45, 2.75) is 66.0 Å². The third kappa shape index (κ3) is 5.77. The van der Waals surface area contributed by atoms with Crippen molar-refractivity contribution >= 4 is 17.8 Å². The highest BCUT2D eigenvalue weighted by atomic mass is 16.5. The molecule has 8 nitrogen and oxygen atoms in total. The van der Waals surface area contributed by atoms with E-state index in [1.165, 1.54) is 7.11 Å². The molecule has 0 fully saturated rings. The summed E-state index contributed by atoms with van der Waals surface area (Å²) >= 11 is 0. The molecule has 0 aromatic heterocycles. The molecular weight excluding hydrogens is 402 g/mol. The van der Waals surface area contributed by atoms with E-state index in [4.69, 9.17) is 9.47 Å². The van der Waals surface area contributed by atoms with Gasteiger partial charge in [-0.1, -0.05) is 25.5 Å². The molecule has 170 valence electrons. The van der Waals surface area contributed by atoms with Crippen LogP contribution >= 0.6 is 0 Å². The molecule has 3 N–H and O–H groups in total. The normalized spacial score (nSPS) is 14.3. The Bertz CT molecular complexity index is 902. The van der Waals surface area contributed by atoms with Crippen molar-refractivity contribution in [2.24, 2.45) is 5.92 Å². The summed E-state index contributed by atoms with van der Waals surface area (Å²) in [6.45, 7) is 7.59. The summed E-state index contributed by atoms with van der Waals surface area (Å²) < 4.78 is 10.5. The predicted octanol–water partition coefficient (Wildman–Crippen LogP) is 3.26. The number of aliphatic carboxylic acids is 1. The van der Waals surface area contributed by atoms with Crippen LogP contribution in [0.3, 0.4) is 0 Å². The molecule has 1 atom stereocenters. The summed E-state index contributed by atoms with van der Waals surface area (Å²) in [6, 6.07) is -0.896. The number of allylic oxidation sites excluding steroid dienone is 2. The highest BCUT2D eigenvalue weighted by Crippen LogP contribution is 2.42. The van der Waals surface area contributed by atoms with Gasteiger partial charge in [0, 0.05) is 17.5 Å². The monoisotopic (exact) mass is 433 g/mol. The second-order valence-electron chi connectivity index (χ2n) is 8.26. The van der Waals surface area contributed by atoms with Gasteiger partial charge in [-0.15, -0.1) is 0 Å². The maximum atomic E-state index is 12.2. The van der Waals surface area contributed by atoms with Crippen molar-refractivity contribution < 1.29 is 34.1 Å². The second kappa shape index (κ2) is 10.3. The minimum absolute atomic E-state index is 0.113. The number of phenols is 1. The van der Waals surface area contributed by atoms with Gasteiger partial charge in [0.1, 0.15) is 29.7 Å². The largest absolute Gasteiger partial charge is 0.507 e. The van der Waals surface area contributed by atoms with Crippen LogP contribution in [0.2, 0.25) is 0 Å². The van der Waals surface area contributed by atoms with Gasteiger partial charge in [0.05, 0.1) is 7.11 Å². The van der Waals surface area contributed by atoms with E-state index in [0.717, 1.165) is 11.1 Å². The van der Waals surface area contributed by atoms with Gasteiger partial charge >= 0.3 is 11.9 Å². The second-order valence-corrected chi connectivity index (χ2v) is 8.26. The van der Waals surface area contributed by atoms with E-state index in [9.17, 15) is 24.6 Å². The highest BCUT2D eigenvalue weighted by Gasteiger charge is 2.31. The number of ether oxygens (including phenoxy) is 2. The molecule has 0 saturated carbocycles. The Labute approximate surface area is 182 Å². The summed E-state index contributed by atoms with van der Waals surface area (Å²) in [4.78, 5) is 35.4. The molecule has 2 rings (SSSR count). The lowest BCUT2D eigenvalue weighted by molar-refractivity contribution is -0.142. The Morgan fingerprint density at radius 1 is 1.29 bits per heavy atom. The van der Waals surface area contributed by atoms with Crippen LogP contribution in [0.1, 0.15) is 67.1 Å². The van der Waals surface area contributed by atoms with Crippen molar-refractivity contribution in [1.82, 2.24) is 5.32 Å². The summed E-state index contributed by atoms with van der Waals surface area (Å²) in [5.74, 6) is -1.39. The molecular formula is C23H31NO7. The van der Waals surface area contributed by atoms with Crippen molar-refractivity contribution in [3.63, 3.8) is 0 Å². The quantitative estimate of drug-likeness (QED) is 0.382. The van der Waals surface area contributed by atoms with Gasteiger partial charge in [-0.05, 0) is 44.6 Å². The van der Waals surface area contributed by atoms with Gasteiger partial charge in [-0.3, -0.25) is 4.79 Å². The number of aromatic hydroxyl groups is 1. The van der Waals surface area contributed by atoms with E-state index >= 15 is 0 Å².